The van der Waals surface area contributed by atoms with E-state index in [2.05, 4.69) is 32.1 Å². The van der Waals surface area contributed by atoms with Crippen LogP contribution in [-0.2, 0) is 10.0 Å². The van der Waals surface area contributed by atoms with E-state index >= 15 is 0 Å². The zero-order valence-electron chi connectivity index (χ0n) is 18.3. The summed E-state index contributed by atoms with van der Waals surface area (Å²) in [4.78, 5) is 0.363. The summed E-state index contributed by atoms with van der Waals surface area (Å²) in [6.07, 6.45) is 7.07. The lowest BCUT2D eigenvalue weighted by Gasteiger charge is -2.42. The Bertz CT molecular complexity index is 1190. The highest BCUT2D eigenvalue weighted by Gasteiger charge is 2.43. The van der Waals surface area contributed by atoms with Crippen molar-refractivity contribution in [1.29, 1.82) is 0 Å². The Kier molecular flexibility index (Phi) is 5.99. The molecule has 2 aromatic rings. The summed E-state index contributed by atoms with van der Waals surface area (Å²) in [6.45, 7) is 8.16. The molecule has 1 aliphatic carbocycles. The van der Waals surface area contributed by atoms with Crippen LogP contribution < -0.4 is 0 Å². The first-order chi connectivity index (χ1) is 14.7. The van der Waals surface area contributed by atoms with Crippen LogP contribution in [0.15, 0.2) is 88.4 Å². The molecular weight excluding hydrogens is 426 g/mol. The van der Waals surface area contributed by atoms with Crippen LogP contribution in [0.5, 0.6) is 0 Å². The zero-order valence-corrected chi connectivity index (χ0v) is 19.9. The molecule has 0 spiro atoms. The smallest absolute Gasteiger partial charge is 0.207 e. The van der Waals surface area contributed by atoms with Gasteiger partial charge in [-0.15, -0.1) is 0 Å². The molecule has 4 rings (SSSR count). The fraction of sp³-hybridized carbons (Fsp3) is 0.308. The summed E-state index contributed by atoms with van der Waals surface area (Å²) >= 11 is 6.12. The van der Waals surface area contributed by atoms with Crippen LogP contribution in [-0.4, -0.2) is 18.8 Å². The van der Waals surface area contributed by atoms with Crippen LogP contribution in [0.25, 0.3) is 0 Å². The van der Waals surface area contributed by atoms with Crippen LogP contribution in [0.2, 0.25) is 5.02 Å². The van der Waals surface area contributed by atoms with E-state index in [-0.39, 0.29) is 12.1 Å². The molecule has 0 amide bonds. The molecule has 1 heterocycles. The molecule has 0 saturated heterocycles. The number of hydrogen-bond acceptors (Lipinski definition) is 2. The van der Waals surface area contributed by atoms with E-state index < -0.39 is 10.0 Å². The number of allylic oxidation sites excluding steroid dienone is 2. The predicted molar refractivity (Wildman–Crippen MR) is 128 cm³/mol. The van der Waals surface area contributed by atoms with E-state index in [1.807, 2.05) is 50.2 Å². The monoisotopic (exact) mass is 453 g/mol. The van der Waals surface area contributed by atoms with Gasteiger partial charge >= 0.3 is 0 Å². The van der Waals surface area contributed by atoms with Crippen molar-refractivity contribution >= 4 is 21.6 Å². The largest absolute Gasteiger partial charge is 0.244 e. The van der Waals surface area contributed by atoms with Gasteiger partial charge in [0.2, 0.25) is 10.0 Å². The molecule has 5 heteroatoms. The van der Waals surface area contributed by atoms with Crippen molar-refractivity contribution < 1.29 is 8.42 Å². The minimum Gasteiger partial charge on any atom is -0.207 e. The highest BCUT2D eigenvalue weighted by molar-refractivity contribution is 7.89. The molecule has 3 atom stereocenters. The van der Waals surface area contributed by atoms with E-state index in [1.54, 1.807) is 16.4 Å². The van der Waals surface area contributed by atoms with Crippen molar-refractivity contribution in [2.75, 3.05) is 0 Å². The fourth-order valence-electron chi connectivity index (χ4n) is 4.60. The topological polar surface area (TPSA) is 37.4 Å². The van der Waals surface area contributed by atoms with Gasteiger partial charge in [0.1, 0.15) is 0 Å². The minimum absolute atomic E-state index is 0.305. The average molecular weight is 454 g/mol. The molecule has 3 unspecified atom stereocenters. The third kappa shape index (κ3) is 3.93. The molecule has 0 N–H and O–H groups in total. The van der Waals surface area contributed by atoms with Crippen LogP contribution in [0, 0.1) is 12.8 Å². The van der Waals surface area contributed by atoms with Gasteiger partial charge in [0.25, 0.3) is 0 Å². The lowest BCUT2D eigenvalue weighted by atomic mass is 9.88. The summed E-state index contributed by atoms with van der Waals surface area (Å²) in [7, 11) is -3.77. The molecule has 162 valence electrons. The minimum atomic E-state index is -3.77. The molecule has 1 aliphatic heterocycles. The third-order valence-electron chi connectivity index (χ3n) is 6.56. The van der Waals surface area contributed by atoms with E-state index in [1.165, 1.54) is 5.57 Å². The number of sulfonamides is 1. The van der Waals surface area contributed by atoms with Crippen molar-refractivity contribution in [3.8, 4) is 0 Å². The van der Waals surface area contributed by atoms with Crippen molar-refractivity contribution in [1.82, 2.24) is 4.31 Å². The number of benzene rings is 2. The second-order valence-corrected chi connectivity index (χ2v) is 10.8. The first-order valence-corrected chi connectivity index (χ1v) is 12.4. The van der Waals surface area contributed by atoms with Gasteiger partial charge in [-0.3, -0.25) is 0 Å². The molecule has 0 radical (unpaired) electrons. The van der Waals surface area contributed by atoms with Gasteiger partial charge in [0.15, 0.2) is 0 Å². The van der Waals surface area contributed by atoms with Gasteiger partial charge in [0, 0.05) is 5.02 Å². The van der Waals surface area contributed by atoms with E-state index in [0.29, 0.717) is 22.3 Å². The van der Waals surface area contributed by atoms with Crippen molar-refractivity contribution in [3.05, 3.63) is 99.6 Å². The summed E-state index contributed by atoms with van der Waals surface area (Å²) in [5.41, 5.74) is 5.07. The Labute approximate surface area is 190 Å². The molecule has 2 aromatic carbocycles. The maximum atomic E-state index is 14.2. The number of hydrogen-bond donors (Lipinski definition) is 0. The van der Waals surface area contributed by atoms with E-state index in [0.717, 1.165) is 22.3 Å². The Morgan fingerprint density at radius 3 is 2.29 bits per heavy atom. The van der Waals surface area contributed by atoms with Crippen molar-refractivity contribution in [2.45, 2.75) is 51.1 Å². The maximum absolute atomic E-state index is 14.2. The summed E-state index contributed by atoms with van der Waals surface area (Å²) < 4.78 is 30.1. The number of aryl methyl sites for hydroxylation is 1. The van der Waals surface area contributed by atoms with Gasteiger partial charge in [-0.05, 0) is 68.0 Å². The highest BCUT2D eigenvalue weighted by atomic mass is 35.5. The van der Waals surface area contributed by atoms with E-state index in [4.69, 9.17) is 11.6 Å². The maximum Gasteiger partial charge on any atom is 0.244 e. The standard InChI is InChI=1S/C26H28ClNO2S/c1-17-9-15-23(20(17)4)26-19(3)10-16-24(21-11-13-22(27)14-12-21)28(26)31(29,30)25-8-6-5-7-18(25)2/h5-15,17,24,26H,16H2,1-4H3. The summed E-state index contributed by atoms with van der Waals surface area (Å²) in [5, 5.41) is 0.641. The molecule has 0 aromatic heterocycles. The number of halogens is 1. The van der Waals surface area contributed by atoms with E-state index in [9.17, 15) is 8.42 Å². The number of nitrogens with zero attached hydrogens (tertiary/aromatic N) is 1. The third-order valence-corrected chi connectivity index (χ3v) is 8.84. The molecule has 3 nitrogen and oxygen atoms in total. The highest BCUT2D eigenvalue weighted by Crippen LogP contribution is 2.44. The molecule has 0 bridgehead atoms. The summed E-state index contributed by atoms with van der Waals surface area (Å²) in [6, 6.07) is 14.1. The second-order valence-electron chi connectivity index (χ2n) is 8.54. The Morgan fingerprint density at radius 1 is 1.00 bits per heavy atom. The average Bonchev–Trinajstić information content (AvgIpc) is 3.07. The van der Waals surface area contributed by atoms with Crippen LogP contribution in [0.4, 0.5) is 0 Å². The lowest BCUT2D eigenvalue weighted by Crippen LogP contribution is -2.46. The van der Waals surface area contributed by atoms with Gasteiger partial charge in [-0.1, -0.05) is 78.2 Å². The predicted octanol–water partition coefficient (Wildman–Crippen LogP) is 6.62. The molecule has 0 saturated carbocycles. The first-order valence-electron chi connectivity index (χ1n) is 10.6. The Balaban J connectivity index is 1.94. The molecule has 0 fully saturated rings. The SMILES string of the molecule is CC1=CCC(c2ccc(Cl)cc2)N(S(=O)(=O)c2ccccc2C)C1C1=C(C)C(C)C=C1. The Hall–Kier alpha value is -2.14. The quantitative estimate of drug-likeness (QED) is 0.487. The van der Waals surface area contributed by atoms with Crippen molar-refractivity contribution in [3.63, 3.8) is 0 Å². The van der Waals surface area contributed by atoms with Crippen LogP contribution >= 0.6 is 11.6 Å². The second kappa shape index (κ2) is 8.42. The van der Waals surface area contributed by atoms with Gasteiger partial charge < -0.3 is 0 Å². The van der Waals surface area contributed by atoms with Crippen molar-refractivity contribution in [2.24, 2.45) is 5.92 Å². The number of rotatable bonds is 4. The lowest BCUT2D eigenvalue weighted by molar-refractivity contribution is 0.283. The first kappa shape index (κ1) is 22.1. The van der Waals surface area contributed by atoms with Gasteiger partial charge in [-0.25, -0.2) is 8.42 Å². The fourth-order valence-corrected chi connectivity index (χ4v) is 6.78. The normalized spacial score (nSPS) is 24.5. The van der Waals surface area contributed by atoms with Crippen LogP contribution in [0.3, 0.4) is 0 Å². The Morgan fingerprint density at radius 2 is 1.68 bits per heavy atom. The molecule has 31 heavy (non-hydrogen) atoms. The zero-order chi connectivity index (χ0) is 22.3. The molecule has 2 aliphatic rings. The summed E-state index contributed by atoms with van der Waals surface area (Å²) in [5.74, 6) is 0.307. The van der Waals surface area contributed by atoms with Gasteiger partial charge in [-0.2, -0.15) is 4.31 Å². The van der Waals surface area contributed by atoms with Crippen LogP contribution in [0.1, 0.15) is 44.4 Å². The molecular formula is C26H28ClNO2S. The van der Waals surface area contributed by atoms with Gasteiger partial charge in [0.05, 0.1) is 17.0 Å².